The highest BCUT2D eigenvalue weighted by Crippen LogP contribution is 2.06. The van der Waals surface area contributed by atoms with Gasteiger partial charge >= 0.3 is 6.03 Å². The Morgan fingerprint density at radius 2 is 1.83 bits per heavy atom. The summed E-state index contributed by atoms with van der Waals surface area (Å²) >= 11 is 0. The van der Waals surface area contributed by atoms with Gasteiger partial charge in [0.05, 0.1) is 19.0 Å². The maximum Gasteiger partial charge on any atom is 0.346 e. The Hall–Kier alpha value is -1.52. The first-order chi connectivity index (χ1) is 11.5. The van der Waals surface area contributed by atoms with Gasteiger partial charge in [-0.1, -0.05) is 6.92 Å². The molecule has 0 saturated carbocycles. The van der Waals surface area contributed by atoms with Crippen molar-refractivity contribution in [3.8, 4) is 0 Å². The van der Waals surface area contributed by atoms with E-state index in [1.807, 2.05) is 13.8 Å². The van der Waals surface area contributed by atoms with Crippen molar-refractivity contribution in [2.45, 2.75) is 32.3 Å². The van der Waals surface area contributed by atoms with Gasteiger partial charge in [0.1, 0.15) is 6.33 Å². The molecule has 1 amide bonds. The van der Waals surface area contributed by atoms with Crippen LogP contribution in [0.25, 0.3) is 0 Å². The highest BCUT2D eigenvalue weighted by atomic mass is 32.2. The third kappa shape index (κ3) is 6.17. The van der Waals surface area contributed by atoms with Crippen LogP contribution in [0.3, 0.4) is 0 Å². The summed E-state index contributed by atoms with van der Waals surface area (Å²) in [4.78, 5) is 17.8. The molecule has 0 saturated heterocycles. The summed E-state index contributed by atoms with van der Waals surface area (Å²) in [7, 11) is -3.67. The molecule has 0 aliphatic carbocycles. The van der Waals surface area contributed by atoms with Crippen LogP contribution in [-0.2, 0) is 19.3 Å². The van der Waals surface area contributed by atoms with Crippen LogP contribution in [0, 0.1) is 0 Å². The molecular weight excluding hydrogens is 336 g/mol. The number of hydrogen-bond donors (Lipinski definition) is 0. The zero-order valence-corrected chi connectivity index (χ0v) is 15.3. The van der Waals surface area contributed by atoms with Crippen LogP contribution in [0.15, 0.2) is 11.5 Å². The number of aromatic nitrogens is 3. The Balaban J connectivity index is 2.79. The van der Waals surface area contributed by atoms with Gasteiger partial charge in [-0.3, -0.25) is 0 Å². The molecule has 0 spiro atoms. The van der Waals surface area contributed by atoms with Gasteiger partial charge in [-0.25, -0.2) is 18.2 Å². The fourth-order valence-corrected chi connectivity index (χ4v) is 2.86. The molecule has 1 rings (SSSR count). The van der Waals surface area contributed by atoms with Crippen molar-refractivity contribution in [1.82, 2.24) is 19.7 Å². The van der Waals surface area contributed by atoms with E-state index in [0.29, 0.717) is 32.9 Å². The quantitative estimate of drug-likeness (QED) is 0.536. The van der Waals surface area contributed by atoms with Crippen molar-refractivity contribution in [1.29, 1.82) is 0 Å². The summed E-state index contributed by atoms with van der Waals surface area (Å²) < 4.78 is 35.4. The maximum atomic E-state index is 12.4. The van der Waals surface area contributed by atoms with Crippen molar-refractivity contribution in [2.24, 2.45) is 0 Å². The SMILES string of the molecule is CCCN(CCOCC)C(=O)n1cnc(S(=O)(=O)CCOCC)n1. The topological polar surface area (TPSA) is 104 Å². The van der Waals surface area contributed by atoms with Gasteiger partial charge in [0.15, 0.2) is 0 Å². The van der Waals surface area contributed by atoms with Gasteiger partial charge in [-0.2, -0.15) is 4.68 Å². The van der Waals surface area contributed by atoms with E-state index in [0.717, 1.165) is 17.4 Å². The fourth-order valence-electron chi connectivity index (χ4n) is 1.92. The van der Waals surface area contributed by atoms with Crippen LogP contribution in [0.1, 0.15) is 27.2 Å². The average Bonchev–Trinajstić information content (AvgIpc) is 3.04. The van der Waals surface area contributed by atoms with E-state index in [1.54, 1.807) is 11.8 Å². The Morgan fingerprint density at radius 1 is 1.17 bits per heavy atom. The Labute approximate surface area is 142 Å². The van der Waals surface area contributed by atoms with Crippen LogP contribution in [0.4, 0.5) is 4.79 Å². The van der Waals surface area contributed by atoms with E-state index in [1.165, 1.54) is 0 Å². The van der Waals surface area contributed by atoms with Crippen LogP contribution < -0.4 is 0 Å². The molecule has 0 aliphatic heterocycles. The lowest BCUT2D eigenvalue weighted by Crippen LogP contribution is -2.38. The smallest absolute Gasteiger partial charge is 0.346 e. The average molecular weight is 362 g/mol. The molecule has 1 aromatic heterocycles. The third-order valence-electron chi connectivity index (χ3n) is 3.12. The normalized spacial score (nSPS) is 11.6. The van der Waals surface area contributed by atoms with E-state index in [-0.39, 0.29) is 17.5 Å². The van der Waals surface area contributed by atoms with E-state index < -0.39 is 15.9 Å². The lowest BCUT2D eigenvalue weighted by atomic mass is 10.4. The minimum Gasteiger partial charge on any atom is -0.381 e. The molecule has 1 heterocycles. The molecule has 10 heteroatoms. The second kappa shape index (κ2) is 10.4. The number of carbonyl (C=O) groups is 1. The summed E-state index contributed by atoms with van der Waals surface area (Å²) in [5.41, 5.74) is 0. The molecule has 0 aromatic carbocycles. The molecule has 0 atom stereocenters. The lowest BCUT2D eigenvalue weighted by Gasteiger charge is -2.21. The van der Waals surface area contributed by atoms with Gasteiger partial charge in [-0.15, -0.1) is 5.10 Å². The predicted molar refractivity (Wildman–Crippen MR) is 87.7 cm³/mol. The predicted octanol–water partition coefficient (Wildman–Crippen LogP) is 0.805. The number of amides is 1. The van der Waals surface area contributed by atoms with Gasteiger partial charge in [-0.05, 0) is 20.3 Å². The van der Waals surface area contributed by atoms with E-state index >= 15 is 0 Å². The van der Waals surface area contributed by atoms with Crippen molar-refractivity contribution in [3.63, 3.8) is 0 Å². The van der Waals surface area contributed by atoms with Gasteiger partial charge < -0.3 is 14.4 Å². The first-order valence-electron chi connectivity index (χ1n) is 8.05. The zero-order chi connectivity index (χ0) is 18.0. The molecule has 0 unspecified atom stereocenters. The Kier molecular flexibility index (Phi) is 8.87. The number of ether oxygens (including phenoxy) is 2. The van der Waals surface area contributed by atoms with E-state index in [4.69, 9.17) is 9.47 Å². The van der Waals surface area contributed by atoms with Crippen molar-refractivity contribution < 1.29 is 22.7 Å². The number of rotatable bonds is 11. The first kappa shape index (κ1) is 20.5. The van der Waals surface area contributed by atoms with E-state index in [9.17, 15) is 13.2 Å². The van der Waals surface area contributed by atoms with Crippen LogP contribution in [0.5, 0.6) is 0 Å². The number of sulfone groups is 1. The zero-order valence-electron chi connectivity index (χ0n) is 14.5. The highest BCUT2D eigenvalue weighted by molar-refractivity contribution is 7.91. The van der Waals surface area contributed by atoms with Crippen molar-refractivity contribution >= 4 is 15.9 Å². The lowest BCUT2D eigenvalue weighted by molar-refractivity contribution is 0.118. The number of carbonyl (C=O) groups excluding carboxylic acids is 1. The Morgan fingerprint density at radius 3 is 2.46 bits per heavy atom. The van der Waals surface area contributed by atoms with Crippen molar-refractivity contribution in [2.75, 3.05) is 45.3 Å². The maximum absolute atomic E-state index is 12.4. The summed E-state index contributed by atoms with van der Waals surface area (Å²) in [6.45, 7) is 8.03. The molecular formula is C14H26N4O5S. The first-order valence-corrected chi connectivity index (χ1v) is 9.70. The van der Waals surface area contributed by atoms with Crippen LogP contribution in [-0.4, -0.2) is 79.4 Å². The molecule has 0 bridgehead atoms. The highest BCUT2D eigenvalue weighted by Gasteiger charge is 2.23. The van der Waals surface area contributed by atoms with Gasteiger partial charge in [0.25, 0.3) is 5.16 Å². The van der Waals surface area contributed by atoms with Crippen LogP contribution >= 0.6 is 0 Å². The molecule has 0 aliphatic rings. The van der Waals surface area contributed by atoms with Gasteiger partial charge in [0.2, 0.25) is 9.84 Å². The molecule has 1 aromatic rings. The van der Waals surface area contributed by atoms with Crippen molar-refractivity contribution in [3.05, 3.63) is 6.33 Å². The van der Waals surface area contributed by atoms with Gasteiger partial charge in [0, 0.05) is 26.3 Å². The minimum absolute atomic E-state index is 0.0671. The van der Waals surface area contributed by atoms with Crippen LogP contribution in [0.2, 0.25) is 0 Å². The number of hydrogen-bond acceptors (Lipinski definition) is 7. The summed E-state index contributed by atoms with van der Waals surface area (Å²) in [6, 6.07) is -0.421. The molecule has 24 heavy (non-hydrogen) atoms. The standard InChI is InChI=1S/C14H26N4O5S/c1-4-7-17(8-9-22-5-2)14(19)18-12-15-13(16-18)24(20,21)11-10-23-6-3/h12H,4-11H2,1-3H3. The monoisotopic (exact) mass is 362 g/mol. The second-order valence-electron chi connectivity index (χ2n) is 4.95. The molecule has 138 valence electrons. The molecule has 9 nitrogen and oxygen atoms in total. The molecule has 0 N–H and O–H groups in total. The largest absolute Gasteiger partial charge is 0.381 e. The summed E-state index contributed by atoms with van der Waals surface area (Å²) in [6.07, 6.45) is 1.89. The van der Waals surface area contributed by atoms with E-state index in [2.05, 4.69) is 10.1 Å². The minimum atomic E-state index is -3.67. The summed E-state index contributed by atoms with van der Waals surface area (Å²) in [5.74, 6) is -0.220. The summed E-state index contributed by atoms with van der Waals surface area (Å²) in [5, 5.41) is 3.46. The number of nitrogens with zero attached hydrogens (tertiary/aromatic N) is 4. The third-order valence-corrected chi connectivity index (χ3v) is 4.57. The second-order valence-corrected chi connectivity index (χ2v) is 6.96. The Bertz CT molecular complexity index is 602. The fraction of sp³-hybridized carbons (Fsp3) is 0.786. The molecule has 0 fully saturated rings. The molecule has 0 radical (unpaired) electrons.